The number of nitrogens with zero attached hydrogens (tertiary/aromatic N) is 4. The van der Waals surface area contributed by atoms with Crippen molar-refractivity contribution in [1.29, 1.82) is 0 Å². The van der Waals surface area contributed by atoms with Crippen LogP contribution in [-0.2, 0) is 0 Å². The summed E-state index contributed by atoms with van der Waals surface area (Å²) in [4.78, 5) is 0. The lowest BCUT2D eigenvalue weighted by molar-refractivity contribution is -0.356. The number of allylic oxidation sites excluding steroid dienone is 2. The van der Waals surface area contributed by atoms with Crippen LogP contribution in [0.1, 0.15) is 11.3 Å². The zero-order chi connectivity index (χ0) is 15.6. The van der Waals surface area contributed by atoms with Crippen LogP contribution >= 0.6 is 0 Å². The van der Waals surface area contributed by atoms with Crippen molar-refractivity contribution < 1.29 is 13.1 Å². The van der Waals surface area contributed by atoms with Crippen molar-refractivity contribution in [3.63, 3.8) is 0 Å². The molecule has 0 saturated heterocycles. The Balaban J connectivity index is 1.84. The van der Waals surface area contributed by atoms with E-state index < -0.39 is 6.97 Å². The van der Waals surface area contributed by atoms with Gasteiger partial charge in [0.25, 0.3) is 0 Å². The van der Waals surface area contributed by atoms with Crippen LogP contribution in [0.5, 0.6) is 0 Å². The molecule has 0 bridgehead atoms. The van der Waals surface area contributed by atoms with Crippen LogP contribution in [0.4, 0.5) is 8.63 Å². The minimum atomic E-state index is -3.86. The van der Waals surface area contributed by atoms with E-state index in [9.17, 15) is 8.63 Å². The Morgan fingerprint density at radius 3 is 2.91 bits per heavy atom. The molecule has 1 aromatic carbocycles. The lowest BCUT2D eigenvalue weighted by atomic mass is 9.86. The van der Waals surface area contributed by atoms with E-state index in [1.807, 2.05) is 18.2 Å². The summed E-state index contributed by atoms with van der Waals surface area (Å²) in [6.45, 7) is -3.86. The fraction of sp³-hybridized carbons (Fsp3) is 0. The van der Waals surface area contributed by atoms with Crippen molar-refractivity contribution in [1.82, 2.24) is 19.9 Å². The first-order valence-corrected chi connectivity index (χ1v) is 7.21. The number of H-pyrrole nitrogens is 1. The van der Waals surface area contributed by atoms with Crippen molar-refractivity contribution in [3.05, 3.63) is 65.6 Å². The molecule has 4 heterocycles. The van der Waals surface area contributed by atoms with Gasteiger partial charge in [-0.3, -0.25) is 0 Å². The van der Waals surface area contributed by atoms with Gasteiger partial charge in [-0.2, -0.15) is 15.4 Å². The fourth-order valence-electron chi connectivity index (χ4n) is 3.31. The number of aromatic amines is 1. The summed E-state index contributed by atoms with van der Waals surface area (Å²) in [6.07, 6.45) is 6.21. The monoisotopic (exact) mass is 309 g/mol. The lowest BCUT2D eigenvalue weighted by Crippen LogP contribution is -2.49. The topological polar surface area (TPSA) is 49.5 Å². The Kier molecular flexibility index (Phi) is 2.20. The summed E-state index contributed by atoms with van der Waals surface area (Å²) in [5.41, 5.74) is 4.04. The van der Waals surface area contributed by atoms with E-state index in [4.69, 9.17) is 0 Å². The number of aromatic nitrogens is 4. The molecule has 1 N–H and O–H groups in total. The van der Waals surface area contributed by atoms with E-state index in [1.54, 1.807) is 24.3 Å². The third-order valence-corrected chi connectivity index (χ3v) is 4.34. The Labute approximate surface area is 129 Å². The molecule has 2 aromatic heterocycles. The molecule has 5 nitrogen and oxygen atoms in total. The third-order valence-electron chi connectivity index (χ3n) is 4.34. The summed E-state index contributed by atoms with van der Waals surface area (Å²) in [6, 6.07) is 8.94. The number of halogens is 2. The van der Waals surface area contributed by atoms with E-state index in [-0.39, 0.29) is 0 Å². The first-order valence-electron chi connectivity index (χ1n) is 7.21. The van der Waals surface area contributed by atoms with Crippen LogP contribution in [0.3, 0.4) is 0 Å². The van der Waals surface area contributed by atoms with Crippen LogP contribution in [-0.4, -0.2) is 37.6 Å². The van der Waals surface area contributed by atoms with Gasteiger partial charge in [0.15, 0.2) is 5.70 Å². The first-order chi connectivity index (χ1) is 11.2. The van der Waals surface area contributed by atoms with Crippen LogP contribution in [0.2, 0.25) is 0 Å². The Morgan fingerprint density at radius 1 is 1.13 bits per heavy atom. The van der Waals surface area contributed by atoms with E-state index in [2.05, 4.69) is 15.4 Å². The molecule has 2 aliphatic rings. The Bertz CT molecular complexity index is 1060. The van der Waals surface area contributed by atoms with Gasteiger partial charge >= 0.3 is 6.97 Å². The molecule has 112 valence electrons. The molecule has 3 aromatic rings. The maximum atomic E-state index is 14.7. The summed E-state index contributed by atoms with van der Waals surface area (Å²) in [7, 11) is 0. The summed E-state index contributed by atoms with van der Waals surface area (Å²) in [5, 5.41) is 10.7. The van der Waals surface area contributed by atoms with E-state index >= 15 is 0 Å². The first kappa shape index (κ1) is 12.5. The molecule has 23 heavy (non-hydrogen) atoms. The van der Waals surface area contributed by atoms with Crippen LogP contribution in [0.25, 0.3) is 16.6 Å². The third kappa shape index (κ3) is 1.52. The average Bonchev–Trinajstić information content (AvgIpc) is 3.27. The van der Waals surface area contributed by atoms with Gasteiger partial charge in [-0.05, 0) is 36.0 Å². The average molecular weight is 309 g/mol. The molecule has 0 unspecified atom stereocenters. The van der Waals surface area contributed by atoms with E-state index in [0.717, 1.165) is 25.6 Å². The predicted octanol–water partition coefficient (Wildman–Crippen LogP) is 2.41. The molecular weight excluding hydrogens is 299 g/mol. The second kappa shape index (κ2) is 4.04. The molecular formula is C15H10BF2N5. The predicted molar refractivity (Wildman–Crippen MR) is 83.2 cm³/mol. The van der Waals surface area contributed by atoms with Crippen molar-refractivity contribution in [2.75, 3.05) is 0 Å². The minimum absolute atomic E-state index is 0.504. The fourth-order valence-corrected chi connectivity index (χ4v) is 3.31. The number of fused-ring (bicyclic) bond motifs is 3. The van der Waals surface area contributed by atoms with Crippen molar-refractivity contribution in [2.24, 2.45) is 0 Å². The van der Waals surface area contributed by atoms with Gasteiger partial charge in [-0.25, -0.2) is 0 Å². The van der Waals surface area contributed by atoms with Gasteiger partial charge in [0, 0.05) is 17.8 Å². The van der Waals surface area contributed by atoms with Gasteiger partial charge in [0.05, 0.1) is 5.57 Å². The van der Waals surface area contributed by atoms with Crippen LogP contribution in [0.15, 0.2) is 54.4 Å². The number of rotatable bonds is 1. The molecule has 0 atom stereocenters. The second-order valence-corrected chi connectivity index (χ2v) is 5.59. The zero-order valence-electron chi connectivity index (χ0n) is 11.8. The molecule has 0 fully saturated rings. The number of hydrogen-bond donors (Lipinski definition) is 1. The summed E-state index contributed by atoms with van der Waals surface area (Å²) in [5.74, 6) is 0. The smallest absolute Gasteiger partial charge is 0.396 e. The maximum Gasteiger partial charge on any atom is 0.737 e. The second-order valence-electron chi connectivity index (χ2n) is 5.59. The maximum absolute atomic E-state index is 14.7. The van der Waals surface area contributed by atoms with E-state index in [1.165, 1.54) is 12.4 Å². The lowest BCUT2D eigenvalue weighted by Gasteiger charge is -2.30. The quantitative estimate of drug-likeness (QED) is 0.702. The molecule has 0 aliphatic carbocycles. The van der Waals surface area contributed by atoms with Crippen molar-refractivity contribution >= 4 is 29.8 Å². The van der Waals surface area contributed by atoms with Gasteiger partial charge in [0.1, 0.15) is 17.2 Å². The Morgan fingerprint density at radius 2 is 2.00 bits per heavy atom. The largest absolute Gasteiger partial charge is 0.737 e. The molecule has 5 rings (SSSR count). The highest BCUT2D eigenvalue weighted by Gasteiger charge is 2.51. The summed E-state index contributed by atoms with van der Waals surface area (Å²) < 4.78 is 31.5. The number of benzene rings is 1. The molecule has 0 radical (unpaired) electrons. The SMILES string of the molecule is F[B-]1(F)n2cccc2C(c2ccc3n[nH]nc3c2)=C2C=CC=[N+]21. The number of nitrogens with one attached hydrogen (secondary N) is 1. The van der Waals surface area contributed by atoms with E-state index in [0.29, 0.717) is 16.9 Å². The van der Waals surface area contributed by atoms with Crippen molar-refractivity contribution in [2.45, 2.75) is 0 Å². The highest BCUT2D eigenvalue weighted by atomic mass is 19.2. The highest BCUT2D eigenvalue weighted by Crippen LogP contribution is 2.38. The van der Waals surface area contributed by atoms with Gasteiger partial charge in [-0.15, -0.1) is 0 Å². The molecule has 0 amide bonds. The van der Waals surface area contributed by atoms with Gasteiger partial charge in [0.2, 0.25) is 0 Å². The zero-order valence-corrected chi connectivity index (χ0v) is 11.8. The van der Waals surface area contributed by atoms with Crippen LogP contribution in [0, 0.1) is 0 Å². The van der Waals surface area contributed by atoms with Crippen LogP contribution < -0.4 is 0 Å². The Hall–Kier alpha value is -3.03. The normalized spacial score (nSPS) is 18.3. The molecule has 8 heteroatoms. The standard InChI is InChI=1S/C15H10BF2N5/c17-16(18)22-7-1-3-13(22)15(14-4-2-8-23(14)16)10-5-6-11-12(9-10)20-21-19-11/h1-9H,(H,19,20,21). The molecule has 2 aliphatic heterocycles. The highest BCUT2D eigenvalue weighted by molar-refractivity contribution is 6.57. The number of hydrogen-bond acceptors (Lipinski definition) is 2. The molecule has 0 saturated carbocycles. The van der Waals surface area contributed by atoms with Gasteiger partial charge < -0.3 is 17.6 Å². The van der Waals surface area contributed by atoms with Gasteiger partial charge in [-0.1, -0.05) is 6.07 Å². The minimum Gasteiger partial charge on any atom is -0.396 e. The summed E-state index contributed by atoms with van der Waals surface area (Å²) >= 11 is 0. The molecule has 0 spiro atoms. The van der Waals surface area contributed by atoms with Crippen molar-refractivity contribution in [3.8, 4) is 0 Å².